The van der Waals surface area contributed by atoms with Gasteiger partial charge in [-0.2, -0.15) is 0 Å². The number of nitrogens with zero attached hydrogens (tertiary/aromatic N) is 1. The van der Waals surface area contributed by atoms with Crippen LogP contribution < -0.4 is 0 Å². The van der Waals surface area contributed by atoms with Crippen LogP contribution in [0.25, 0.3) is 0 Å². The topological polar surface area (TPSA) is 43.1 Å². The molecule has 0 spiro atoms. The van der Waals surface area contributed by atoms with Crippen molar-refractivity contribution in [2.75, 3.05) is 5.33 Å². The summed E-state index contributed by atoms with van der Waals surface area (Å²) in [5.74, 6) is 5.56. The van der Waals surface area contributed by atoms with Crippen molar-refractivity contribution < 1.29 is 4.92 Å². The molecule has 0 N–H and O–H groups in total. The quantitative estimate of drug-likeness (QED) is 0.330. The molecule has 0 saturated carbocycles. The highest BCUT2D eigenvalue weighted by Gasteiger charge is 2.07. The first-order chi connectivity index (χ1) is 5.74. The predicted octanol–water partition coefficient (Wildman–Crippen LogP) is 2.40. The second kappa shape index (κ2) is 4.24. The molecular formula is C7H4BrNO2S. The van der Waals surface area contributed by atoms with Crippen LogP contribution in [0.3, 0.4) is 0 Å². The number of thiophene rings is 1. The molecular weight excluding hydrogens is 242 g/mol. The van der Waals surface area contributed by atoms with E-state index < -0.39 is 4.92 Å². The van der Waals surface area contributed by atoms with Crippen LogP contribution in [0.4, 0.5) is 5.00 Å². The van der Waals surface area contributed by atoms with Gasteiger partial charge in [0.1, 0.15) is 0 Å². The summed E-state index contributed by atoms with van der Waals surface area (Å²) in [5, 5.41) is 11.0. The Labute approximate surface area is 81.7 Å². The van der Waals surface area contributed by atoms with E-state index in [0.717, 1.165) is 16.2 Å². The van der Waals surface area contributed by atoms with Gasteiger partial charge in [-0.05, 0) is 6.07 Å². The summed E-state index contributed by atoms with van der Waals surface area (Å²) in [4.78, 5) is 10.6. The van der Waals surface area contributed by atoms with Crippen LogP contribution in [0.1, 0.15) is 4.88 Å². The first-order valence-corrected chi connectivity index (χ1v) is 4.97. The minimum atomic E-state index is -0.413. The lowest BCUT2D eigenvalue weighted by molar-refractivity contribution is -0.380. The Bertz CT molecular complexity index is 350. The lowest BCUT2D eigenvalue weighted by Crippen LogP contribution is -1.80. The van der Waals surface area contributed by atoms with Crippen molar-refractivity contribution >= 4 is 32.3 Å². The van der Waals surface area contributed by atoms with Gasteiger partial charge in [-0.25, -0.2) is 0 Å². The molecule has 0 unspecified atom stereocenters. The van der Waals surface area contributed by atoms with E-state index >= 15 is 0 Å². The van der Waals surface area contributed by atoms with E-state index in [4.69, 9.17) is 0 Å². The number of hydrogen-bond acceptors (Lipinski definition) is 3. The maximum Gasteiger partial charge on any atom is 0.325 e. The van der Waals surface area contributed by atoms with Crippen LogP contribution in [0.15, 0.2) is 12.1 Å². The van der Waals surface area contributed by atoms with Gasteiger partial charge >= 0.3 is 5.00 Å². The molecule has 1 heterocycles. The highest BCUT2D eigenvalue weighted by molar-refractivity contribution is 9.09. The molecule has 3 nitrogen and oxygen atoms in total. The molecule has 0 saturated heterocycles. The SMILES string of the molecule is O=[N+]([O-])c1ccc(C#CCBr)s1. The van der Waals surface area contributed by atoms with E-state index in [0.29, 0.717) is 5.33 Å². The van der Waals surface area contributed by atoms with Gasteiger partial charge in [0.2, 0.25) is 0 Å². The van der Waals surface area contributed by atoms with E-state index in [9.17, 15) is 10.1 Å². The standard InChI is InChI=1S/C7H4BrNO2S/c8-5-1-2-6-3-4-7(12-6)9(10)11/h3-4H,5H2. The lowest BCUT2D eigenvalue weighted by atomic mass is 10.4. The van der Waals surface area contributed by atoms with Crippen LogP contribution >= 0.6 is 27.3 Å². The summed E-state index contributed by atoms with van der Waals surface area (Å²) in [6.45, 7) is 0. The molecule has 0 bridgehead atoms. The van der Waals surface area contributed by atoms with Crippen LogP contribution in [-0.2, 0) is 0 Å². The Hall–Kier alpha value is -0.860. The van der Waals surface area contributed by atoms with Gasteiger partial charge in [0.05, 0.1) is 15.1 Å². The molecule has 0 aliphatic rings. The zero-order chi connectivity index (χ0) is 8.97. The molecule has 0 aliphatic carbocycles. The van der Waals surface area contributed by atoms with E-state index in [-0.39, 0.29) is 5.00 Å². The highest BCUT2D eigenvalue weighted by atomic mass is 79.9. The van der Waals surface area contributed by atoms with E-state index in [1.807, 2.05) is 0 Å². The summed E-state index contributed by atoms with van der Waals surface area (Å²) in [5.41, 5.74) is 0. The minimum absolute atomic E-state index is 0.133. The normalized spacial score (nSPS) is 8.75. The molecule has 5 heteroatoms. The fourth-order valence-electron chi connectivity index (χ4n) is 0.614. The van der Waals surface area contributed by atoms with Crippen LogP contribution in [0.5, 0.6) is 0 Å². The average Bonchev–Trinajstić information content (AvgIpc) is 2.48. The highest BCUT2D eigenvalue weighted by Crippen LogP contribution is 2.22. The van der Waals surface area contributed by atoms with Gasteiger partial charge in [0, 0.05) is 6.07 Å². The van der Waals surface area contributed by atoms with Crippen molar-refractivity contribution in [3.63, 3.8) is 0 Å². The molecule has 12 heavy (non-hydrogen) atoms. The van der Waals surface area contributed by atoms with Gasteiger partial charge in [-0.3, -0.25) is 10.1 Å². The van der Waals surface area contributed by atoms with Crippen molar-refractivity contribution in [1.29, 1.82) is 0 Å². The molecule has 0 aromatic carbocycles. The van der Waals surface area contributed by atoms with Gasteiger partial charge < -0.3 is 0 Å². The summed E-state index contributed by atoms with van der Waals surface area (Å²) < 4.78 is 0. The third kappa shape index (κ3) is 2.32. The number of halogens is 1. The van der Waals surface area contributed by atoms with Gasteiger partial charge in [0.25, 0.3) is 0 Å². The third-order valence-corrected chi connectivity index (χ3v) is 2.28. The van der Waals surface area contributed by atoms with Gasteiger partial charge in [-0.1, -0.05) is 39.1 Å². The molecule has 0 aliphatic heterocycles. The Kier molecular flexibility index (Phi) is 3.26. The summed E-state index contributed by atoms with van der Waals surface area (Å²) >= 11 is 4.23. The second-order valence-electron chi connectivity index (χ2n) is 1.83. The largest absolute Gasteiger partial charge is 0.325 e. The summed E-state index contributed by atoms with van der Waals surface area (Å²) in [7, 11) is 0. The van der Waals surface area contributed by atoms with Gasteiger partial charge in [0.15, 0.2) is 0 Å². The zero-order valence-corrected chi connectivity index (χ0v) is 8.31. The first kappa shape index (κ1) is 9.23. The maximum absolute atomic E-state index is 10.2. The van der Waals surface area contributed by atoms with E-state index in [1.165, 1.54) is 6.07 Å². The smallest absolute Gasteiger partial charge is 0.258 e. The van der Waals surface area contributed by atoms with Gasteiger partial charge in [-0.15, -0.1) is 0 Å². The Morgan fingerprint density at radius 1 is 1.67 bits per heavy atom. The molecule has 1 aromatic rings. The fourth-order valence-corrected chi connectivity index (χ4v) is 1.45. The van der Waals surface area contributed by atoms with Crippen LogP contribution in [0, 0.1) is 22.0 Å². The molecule has 0 radical (unpaired) electrons. The minimum Gasteiger partial charge on any atom is -0.258 e. The third-order valence-electron chi connectivity index (χ3n) is 1.05. The van der Waals surface area contributed by atoms with E-state index in [2.05, 4.69) is 27.8 Å². The van der Waals surface area contributed by atoms with Crippen molar-refractivity contribution in [3.8, 4) is 11.8 Å². The van der Waals surface area contributed by atoms with Crippen molar-refractivity contribution in [2.45, 2.75) is 0 Å². The maximum atomic E-state index is 10.2. The van der Waals surface area contributed by atoms with E-state index in [1.54, 1.807) is 6.07 Å². The molecule has 0 atom stereocenters. The number of hydrogen-bond donors (Lipinski definition) is 0. The van der Waals surface area contributed by atoms with Crippen LogP contribution in [0.2, 0.25) is 0 Å². The molecule has 0 amide bonds. The zero-order valence-electron chi connectivity index (χ0n) is 5.91. The first-order valence-electron chi connectivity index (χ1n) is 3.03. The molecule has 0 fully saturated rings. The molecule has 1 aromatic heterocycles. The number of rotatable bonds is 1. The second-order valence-corrected chi connectivity index (χ2v) is 3.45. The molecule has 1 rings (SSSR count). The summed E-state index contributed by atoms with van der Waals surface area (Å²) in [6.07, 6.45) is 0. The van der Waals surface area contributed by atoms with Crippen molar-refractivity contribution in [1.82, 2.24) is 0 Å². The van der Waals surface area contributed by atoms with Crippen molar-refractivity contribution in [2.24, 2.45) is 0 Å². The Morgan fingerprint density at radius 2 is 2.42 bits per heavy atom. The summed E-state index contributed by atoms with van der Waals surface area (Å²) in [6, 6.07) is 3.11. The number of nitro groups is 1. The van der Waals surface area contributed by atoms with Crippen LogP contribution in [-0.4, -0.2) is 10.3 Å². The number of alkyl halides is 1. The van der Waals surface area contributed by atoms with Crippen molar-refractivity contribution in [3.05, 3.63) is 27.1 Å². The Morgan fingerprint density at radius 3 is 2.92 bits per heavy atom. The average molecular weight is 246 g/mol. The monoisotopic (exact) mass is 245 g/mol. The molecule has 62 valence electrons. The lowest BCUT2D eigenvalue weighted by Gasteiger charge is -1.78. The predicted molar refractivity (Wildman–Crippen MR) is 51.6 cm³/mol. The fraction of sp³-hybridized carbons (Fsp3) is 0.143. The Balaban J connectivity index is 2.84.